The van der Waals surface area contributed by atoms with Gasteiger partial charge >= 0.3 is 0 Å². The Morgan fingerprint density at radius 1 is 1.47 bits per heavy atom. The van der Waals surface area contributed by atoms with Crippen molar-refractivity contribution in [3.63, 3.8) is 0 Å². The van der Waals surface area contributed by atoms with Crippen LogP contribution < -0.4 is 0 Å². The van der Waals surface area contributed by atoms with Gasteiger partial charge in [-0.3, -0.25) is 0 Å². The van der Waals surface area contributed by atoms with Crippen molar-refractivity contribution in [2.45, 2.75) is 33.6 Å². The summed E-state index contributed by atoms with van der Waals surface area (Å²) < 4.78 is 0. The second kappa shape index (κ2) is 5.97. The maximum Gasteiger partial charge on any atom is 0.0363 e. The molecule has 82 valence electrons. The second-order valence-electron chi connectivity index (χ2n) is 4.07. The van der Waals surface area contributed by atoms with E-state index in [-0.39, 0.29) is 0 Å². The molecule has 0 N–H and O–H groups in total. The molecule has 1 heteroatoms. The molecule has 0 heterocycles. The quantitative estimate of drug-likeness (QED) is 0.591. The molecule has 0 fully saturated rings. The number of halogens is 1. The summed E-state index contributed by atoms with van der Waals surface area (Å²) in [5, 5.41) is 0.860. The van der Waals surface area contributed by atoms with Crippen LogP contribution in [-0.2, 0) is 0 Å². The molecule has 15 heavy (non-hydrogen) atoms. The first-order valence-corrected chi connectivity index (χ1v) is 5.89. The van der Waals surface area contributed by atoms with Crippen LogP contribution in [-0.4, -0.2) is 0 Å². The fourth-order valence-electron chi connectivity index (χ4n) is 1.45. The molecule has 1 aliphatic rings. The summed E-state index contributed by atoms with van der Waals surface area (Å²) in [6.45, 7) is 6.52. The topological polar surface area (TPSA) is 0 Å². The molecule has 1 unspecified atom stereocenters. The van der Waals surface area contributed by atoms with E-state index in [4.69, 9.17) is 11.6 Å². The highest BCUT2D eigenvalue weighted by Crippen LogP contribution is 2.24. The third-order valence-corrected chi connectivity index (χ3v) is 3.11. The summed E-state index contributed by atoms with van der Waals surface area (Å²) in [5.41, 5.74) is 2.82. The molecule has 0 spiro atoms. The molecular formula is C14H19Cl. The lowest BCUT2D eigenvalue weighted by Crippen LogP contribution is -1.99. The Balaban J connectivity index is 2.63. The van der Waals surface area contributed by atoms with Gasteiger partial charge in [-0.05, 0) is 32.8 Å². The maximum absolute atomic E-state index is 5.88. The summed E-state index contributed by atoms with van der Waals surface area (Å²) in [6, 6.07) is 0. The van der Waals surface area contributed by atoms with E-state index in [0.29, 0.717) is 5.92 Å². The Kier molecular flexibility index (Phi) is 4.90. The van der Waals surface area contributed by atoms with Crippen LogP contribution in [0.3, 0.4) is 0 Å². The average Bonchev–Trinajstić information content (AvgIpc) is 2.26. The van der Waals surface area contributed by atoms with Gasteiger partial charge in [0.25, 0.3) is 0 Å². The highest BCUT2D eigenvalue weighted by molar-refractivity contribution is 6.31. The Morgan fingerprint density at radius 3 is 2.73 bits per heavy atom. The standard InChI is InChI=1S/C14H19Cl/c1-4-11(2)5-6-12(3)13-7-9-14(15)10-8-13/h5-7,9-10,13H,4,8H2,1-3H3/b11-5-,12-6+. The van der Waals surface area contributed by atoms with E-state index in [2.05, 4.69) is 45.1 Å². The van der Waals surface area contributed by atoms with Crippen LogP contribution in [0.2, 0.25) is 0 Å². The van der Waals surface area contributed by atoms with Crippen molar-refractivity contribution >= 4 is 11.6 Å². The van der Waals surface area contributed by atoms with Crippen molar-refractivity contribution < 1.29 is 0 Å². The third-order valence-electron chi connectivity index (χ3n) is 2.83. The first-order chi connectivity index (χ1) is 7.13. The Bertz CT molecular complexity index is 329. The number of rotatable bonds is 3. The Morgan fingerprint density at radius 2 is 2.20 bits per heavy atom. The molecule has 0 nitrogen and oxygen atoms in total. The van der Waals surface area contributed by atoms with E-state index in [1.54, 1.807) is 0 Å². The van der Waals surface area contributed by atoms with Crippen LogP contribution in [0.1, 0.15) is 33.6 Å². The summed E-state index contributed by atoms with van der Waals surface area (Å²) in [7, 11) is 0. The van der Waals surface area contributed by atoms with Crippen molar-refractivity contribution in [1.82, 2.24) is 0 Å². The summed E-state index contributed by atoms with van der Waals surface area (Å²) in [5.74, 6) is 0.522. The molecule has 1 aliphatic carbocycles. The van der Waals surface area contributed by atoms with E-state index in [1.165, 1.54) is 11.1 Å². The van der Waals surface area contributed by atoms with Crippen LogP contribution in [0.25, 0.3) is 0 Å². The van der Waals surface area contributed by atoms with Crippen LogP contribution in [0.15, 0.2) is 46.6 Å². The molecule has 0 aromatic carbocycles. The summed E-state index contributed by atoms with van der Waals surface area (Å²) >= 11 is 5.88. The predicted octanol–water partition coefficient (Wildman–Crippen LogP) is 4.99. The predicted molar refractivity (Wildman–Crippen MR) is 69.0 cm³/mol. The lowest BCUT2D eigenvalue weighted by atomic mass is 9.93. The van der Waals surface area contributed by atoms with Crippen LogP contribution in [0.4, 0.5) is 0 Å². The van der Waals surface area contributed by atoms with E-state index in [1.807, 2.05) is 6.08 Å². The molecule has 0 saturated heterocycles. The lowest BCUT2D eigenvalue weighted by molar-refractivity contribution is 0.765. The number of hydrogen-bond donors (Lipinski definition) is 0. The van der Waals surface area contributed by atoms with Gasteiger partial charge in [0.2, 0.25) is 0 Å². The molecule has 0 amide bonds. The smallest absolute Gasteiger partial charge is 0.0363 e. The maximum atomic E-state index is 5.88. The minimum atomic E-state index is 0.522. The van der Waals surface area contributed by atoms with Gasteiger partial charge in [0.05, 0.1) is 0 Å². The van der Waals surface area contributed by atoms with Gasteiger partial charge in [0.1, 0.15) is 0 Å². The molecule has 1 rings (SSSR count). The van der Waals surface area contributed by atoms with E-state index >= 15 is 0 Å². The van der Waals surface area contributed by atoms with Gasteiger partial charge in [-0.2, -0.15) is 0 Å². The molecule has 0 bridgehead atoms. The van der Waals surface area contributed by atoms with Crippen LogP contribution in [0.5, 0.6) is 0 Å². The van der Waals surface area contributed by atoms with Gasteiger partial charge in [0.15, 0.2) is 0 Å². The van der Waals surface area contributed by atoms with Gasteiger partial charge < -0.3 is 0 Å². The number of allylic oxidation sites excluding steroid dienone is 8. The van der Waals surface area contributed by atoms with E-state index < -0.39 is 0 Å². The molecule has 1 atom stereocenters. The van der Waals surface area contributed by atoms with Gasteiger partial charge in [-0.1, -0.05) is 54.0 Å². The Hall–Kier alpha value is -0.750. The van der Waals surface area contributed by atoms with Crippen molar-refractivity contribution in [3.05, 3.63) is 46.6 Å². The van der Waals surface area contributed by atoms with Gasteiger partial charge in [0, 0.05) is 11.0 Å². The highest BCUT2D eigenvalue weighted by atomic mass is 35.5. The lowest BCUT2D eigenvalue weighted by Gasteiger charge is -2.14. The summed E-state index contributed by atoms with van der Waals surface area (Å²) in [4.78, 5) is 0. The Labute approximate surface area is 98.0 Å². The first kappa shape index (κ1) is 12.3. The zero-order valence-electron chi connectivity index (χ0n) is 9.76. The van der Waals surface area contributed by atoms with Crippen LogP contribution in [0, 0.1) is 5.92 Å². The molecule has 0 aromatic rings. The molecule has 0 aromatic heterocycles. The first-order valence-electron chi connectivity index (χ1n) is 5.51. The fraction of sp³-hybridized carbons (Fsp3) is 0.429. The van der Waals surface area contributed by atoms with E-state index in [0.717, 1.165) is 17.9 Å². The third kappa shape index (κ3) is 4.09. The highest BCUT2D eigenvalue weighted by Gasteiger charge is 2.08. The zero-order chi connectivity index (χ0) is 11.3. The average molecular weight is 223 g/mol. The van der Waals surface area contributed by atoms with Crippen molar-refractivity contribution in [2.75, 3.05) is 0 Å². The number of hydrogen-bond acceptors (Lipinski definition) is 0. The van der Waals surface area contributed by atoms with Crippen molar-refractivity contribution in [1.29, 1.82) is 0 Å². The normalized spacial score (nSPS) is 22.9. The van der Waals surface area contributed by atoms with Crippen molar-refractivity contribution in [2.24, 2.45) is 5.92 Å². The monoisotopic (exact) mass is 222 g/mol. The zero-order valence-corrected chi connectivity index (χ0v) is 10.5. The minimum Gasteiger partial charge on any atom is -0.0847 e. The summed E-state index contributed by atoms with van der Waals surface area (Å²) in [6.07, 6.45) is 12.8. The van der Waals surface area contributed by atoms with Gasteiger partial charge in [-0.15, -0.1) is 0 Å². The SMILES string of the molecule is CC/C(C)=C\C=C(/C)C1C=CC(Cl)=CC1. The minimum absolute atomic E-state index is 0.522. The molecule has 0 saturated carbocycles. The second-order valence-corrected chi connectivity index (χ2v) is 4.50. The molecular weight excluding hydrogens is 204 g/mol. The van der Waals surface area contributed by atoms with Crippen molar-refractivity contribution in [3.8, 4) is 0 Å². The molecule has 0 radical (unpaired) electrons. The van der Waals surface area contributed by atoms with Crippen LogP contribution >= 0.6 is 11.6 Å². The van der Waals surface area contributed by atoms with E-state index in [9.17, 15) is 0 Å². The molecule has 0 aliphatic heterocycles. The van der Waals surface area contributed by atoms with Gasteiger partial charge in [-0.25, -0.2) is 0 Å². The fourth-order valence-corrected chi connectivity index (χ4v) is 1.61. The largest absolute Gasteiger partial charge is 0.0847 e.